The van der Waals surface area contributed by atoms with Crippen molar-refractivity contribution in [2.45, 2.75) is 38.2 Å². The predicted octanol–water partition coefficient (Wildman–Crippen LogP) is 2.56. The smallest absolute Gasteiger partial charge is 0.224 e. The van der Waals surface area contributed by atoms with Gasteiger partial charge < -0.3 is 15.2 Å². The Labute approximate surface area is 130 Å². The van der Waals surface area contributed by atoms with E-state index in [2.05, 4.69) is 5.32 Å². The van der Waals surface area contributed by atoms with Crippen LogP contribution in [0.5, 0.6) is 5.75 Å². The summed E-state index contributed by atoms with van der Waals surface area (Å²) in [6.07, 6.45) is 3.97. The molecule has 2 rings (SSSR count). The molecule has 4 nitrogen and oxygen atoms in total. The van der Waals surface area contributed by atoms with E-state index in [1.54, 1.807) is 25.3 Å². The summed E-state index contributed by atoms with van der Waals surface area (Å²) in [5.74, 6) is 0.781. The van der Waals surface area contributed by atoms with Crippen LogP contribution in [0.1, 0.15) is 31.2 Å². The number of halogens is 1. The van der Waals surface area contributed by atoms with Crippen LogP contribution in [0.15, 0.2) is 18.2 Å². The molecule has 1 aliphatic rings. The Balaban J connectivity index is 1.84. The highest BCUT2D eigenvalue weighted by molar-refractivity contribution is 6.31. The summed E-state index contributed by atoms with van der Waals surface area (Å²) in [6.45, 7) is 0.535. The van der Waals surface area contributed by atoms with Crippen LogP contribution in [-0.4, -0.2) is 30.8 Å². The lowest BCUT2D eigenvalue weighted by molar-refractivity contribution is -0.120. The van der Waals surface area contributed by atoms with Crippen molar-refractivity contribution in [2.75, 3.05) is 13.7 Å². The molecule has 0 bridgehead atoms. The van der Waals surface area contributed by atoms with Gasteiger partial charge in [-0.3, -0.25) is 4.79 Å². The summed E-state index contributed by atoms with van der Waals surface area (Å²) < 4.78 is 5.08. The molecule has 1 amide bonds. The topological polar surface area (TPSA) is 58.6 Å². The van der Waals surface area contributed by atoms with E-state index >= 15 is 0 Å². The number of nitrogens with one attached hydrogen (secondary N) is 1. The summed E-state index contributed by atoms with van der Waals surface area (Å²) in [5.41, 5.74) is 0.777. The van der Waals surface area contributed by atoms with Gasteiger partial charge in [-0.15, -0.1) is 0 Å². The van der Waals surface area contributed by atoms with Gasteiger partial charge in [0.1, 0.15) is 5.75 Å². The molecule has 21 heavy (non-hydrogen) atoms. The van der Waals surface area contributed by atoms with Gasteiger partial charge in [0.2, 0.25) is 5.91 Å². The molecule has 0 spiro atoms. The molecular formula is C16H22ClNO3. The van der Waals surface area contributed by atoms with Gasteiger partial charge in [-0.25, -0.2) is 0 Å². The zero-order chi connectivity index (χ0) is 15.2. The molecule has 5 heteroatoms. The third-order valence-corrected chi connectivity index (χ3v) is 4.39. The highest BCUT2D eigenvalue weighted by Gasteiger charge is 2.23. The molecule has 1 aliphatic carbocycles. The van der Waals surface area contributed by atoms with Gasteiger partial charge in [0, 0.05) is 17.5 Å². The first kappa shape index (κ1) is 16.1. The molecule has 2 N–H and O–H groups in total. The van der Waals surface area contributed by atoms with Crippen molar-refractivity contribution in [3.63, 3.8) is 0 Å². The number of hydrogen-bond donors (Lipinski definition) is 2. The maximum absolute atomic E-state index is 12.0. The SMILES string of the molecule is COc1ccc(CC(=O)NC[C@@H]2CCCC[C@H]2O)c(Cl)c1. The Hall–Kier alpha value is -1.26. The lowest BCUT2D eigenvalue weighted by atomic mass is 9.86. The average Bonchev–Trinajstić information content (AvgIpc) is 2.48. The van der Waals surface area contributed by atoms with Crippen LogP contribution in [0.3, 0.4) is 0 Å². The monoisotopic (exact) mass is 311 g/mol. The molecular weight excluding hydrogens is 290 g/mol. The maximum Gasteiger partial charge on any atom is 0.224 e. The first-order valence-corrected chi connectivity index (χ1v) is 7.75. The predicted molar refractivity (Wildman–Crippen MR) is 82.7 cm³/mol. The van der Waals surface area contributed by atoms with E-state index in [-0.39, 0.29) is 24.3 Å². The number of aliphatic hydroxyl groups is 1. The molecule has 0 heterocycles. The van der Waals surface area contributed by atoms with E-state index in [1.165, 1.54) is 0 Å². The molecule has 0 aliphatic heterocycles. The number of benzene rings is 1. The number of carbonyl (C=O) groups excluding carboxylic acids is 1. The zero-order valence-electron chi connectivity index (χ0n) is 12.3. The number of aliphatic hydroxyl groups excluding tert-OH is 1. The number of amides is 1. The Bertz CT molecular complexity index is 492. The summed E-state index contributed by atoms with van der Waals surface area (Å²) >= 11 is 6.12. The fraction of sp³-hybridized carbons (Fsp3) is 0.562. The van der Waals surface area contributed by atoms with Crippen LogP contribution in [-0.2, 0) is 11.2 Å². The highest BCUT2D eigenvalue weighted by Crippen LogP contribution is 2.24. The van der Waals surface area contributed by atoms with Gasteiger partial charge in [0.15, 0.2) is 0 Å². The maximum atomic E-state index is 12.0. The summed E-state index contributed by atoms with van der Waals surface area (Å²) in [7, 11) is 1.58. The van der Waals surface area contributed by atoms with Crippen LogP contribution in [0, 0.1) is 5.92 Å². The summed E-state index contributed by atoms with van der Waals surface area (Å²) in [4.78, 5) is 12.0. The van der Waals surface area contributed by atoms with Gasteiger partial charge in [-0.1, -0.05) is 30.5 Å². The molecule has 2 atom stereocenters. The van der Waals surface area contributed by atoms with Gasteiger partial charge in [-0.05, 0) is 30.5 Å². The minimum absolute atomic E-state index is 0.0696. The number of rotatable bonds is 5. The third-order valence-electron chi connectivity index (χ3n) is 4.04. The Kier molecular flexibility index (Phi) is 5.88. The van der Waals surface area contributed by atoms with Crippen molar-refractivity contribution in [3.8, 4) is 5.75 Å². The van der Waals surface area contributed by atoms with Gasteiger partial charge in [-0.2, -0.15) is 0 Å². The second-order valence-electron chi connectivity index (χ2n) is 5.55. The van der Waals surface area contributed by atoms with Crippen LogP contribution < -0.4 is 10.1 Å². The van der Waals surface area contributed by atoms with Crippen molar-refractivity contribution in [2.24, 2.45) is 5.92 Å². The minimum Gasteiger partial charge on any atom is -0.497 e. The van der Waals surface area contributed by atoms with E-state index in [9.17, 15) is 9.90 Å². The second-order valence-corrected chi connectivity index (χ2v) is 5.96. The molecule has 1 saturated carbocycles. The zero-order valence-corrected chi connectivity index (χ0v) is 13.0. The lowest BCUT2D eigenvalue weighted by Crippen LogP contribution is -2.37. The van der Waals surface area contributed by atoms with E-state index in [4.69, 9.17) is 16.3 Å². The van der Waals surface area contributed by atoms with E-state index in [0.717, 1.165) is 31.2 Å². The number of methoxy groups -OCH3 is 1. The van der Waals surface area contributed by atoms with Crippen LogP contribution in [0.4, 0.5) is 0 Å². The first-order chi connectivity index (χ1) is 10.1. The van der Waals surface area contributed by atoms with Crippen molar-refractivity contribution in [1.82, 2.24) is 5.32 Å². The van der Waals surface area contributed by atoms with Gasteiger partial charge in [0.05, 0.1) is 19.6 Å². The average molecular weight is 312 g/mol. The largest absolute Gasteiger partial charge is 0.497 e. The molecule has 0 radical (unpaired) electrons. The molecule has 1 aromatic carbocycles. The van der Waals surface area contributed by atoms with Crippen molar-refractivity contribution in [3.05, 3.63) is 28.8 Å². The summed E-state index contributed by atoms with van der Waals surface area (Å²) in [5, 5.41) is 13.3. The molecule has 0 aromatic heterocycles. The molecule has 1 aromatic rings. The Morgan fingerprint density at radius 1 is 1.43 bits per heavy atom. The van der Waals surface area contributed by atoms with Crippen LogP contribution in [0.25, 0.3) is 0 Å². The Morgan fingerprint density at radius 2 is 2.19 bits per heavy atom. The van der Waals surface area contributed by atoms with Crippen molar-refractivity contribution < 1.29 is 14.6 Å². The van der Waals surface area contributed by atoms with Gasteiger partial charge in [0.25, 0.3) is 0 Å². The quantitative estimate of drug-likeness (QED) is 0.878. The fourth-order valence-electron chi connectivity index (χ4n) is 2.70. The van der Waals surface area contributed by atoms with E-state index in [0.29, 0.717) is 17.3 Å². The van der Waals surface area contributed by atoms with Crippen LogP contribution >= 0.6 is 11.6 Å². The van der Waals surface area contributed by atoms with Gasteiger partial charge >= 0.3 is 0 Å². The molecule has 116 valence electrons. The number of ether oxygens (including phenoxy) is 1. The number of hydrogen-bond acceptors (Lipinski definition) is 3. The van der Waals surface area contributed by atoms with Crippen molar-refractivity contribution in [1.29, 1.82) is 0 Å². The minimum atomic E-state index is -0.288. The fourth-order valence-corrected chi connectivity index (χ4v) is 2.94. The van der Waals surface area contributed by atoms with Crippen molar-refractivity contribution >= 4 is 17.5 Å². The third kappa shape index (κ3) is 4.61. The molecule has 0 saturated heterocycles. The standard InChI is InChI=1S/C16H22ClNO3/c1-21-13-7-6-11(14(17)9-13)8-16(20)18-10-12-4-2-3-5-15(12)19/h6-7,9,12,15,19H,2-5,8,10H2,1H3,(H,18,20)/t12-,15+/m0/s1. The van der Waals surface area contributed by atoms with Crippen LogP contribution in [0.2, 0.25) is 5.02 Å². The first-order valence-electron chi connectivity index (χ1n) is 7.37. The van der Waals surface area contributed by atoms with E-state index in [1.807, 2.05) is 0 Å². The summed E-state index contributed by atoms with van der Waals surface area (Å²) in [6, 6.07) is 5.30. The highest BCUT2D eigenvalue weighted by atomic mass is 35.5. The van der Waals surface area contributed by atoms with E-state index < -0.39 is 0 Å². The Morgan fingerprint density at radius 3 is 2.86 bits per heavy atom. The second kappa shape index (κ2) is 7.66. The molecule has 0 unspecified atom stereocenters. The normalized spacial score (nSPS) is 21.9. The molecule has 1 fully saturated rings. The lowest BCUT2D eigenvalue weighted by Gasteiger charge is -2.27. The number of carbonyl (C=O) groups is 1.